The molecular formula is C10H16Co2O10. The van der Waals surface area contributed by atoms with Crippen LogP contribution in [0.1, 0.15) is 34.6 Å². The molecule has 0 aromatic carbocycles. The Morgan fingerprint density at radius 1 is 0.545 bits per heavy atom. The number of hydrogen-bond donors (Lipinski definition) is 1. The van der Waals surface area contributed by atoms with E-state index in [0.717, 1.165) is 34.6 Å². The molecule has 1 N–H and O–H groups in total. The number of rotatable bonds is 0. The summed E-state index contributed by atoms with van der Waals surface area (Å²) in [5.74, 6) is -5.17. The second kappa shape index (κ2) is 36.6. The standard InChI is InChI=1S/5C2H4O2.2Co/c5*1-2(3)4;;/h5*1H3,(H,3,4);;/q;;;;;2*+2/p-4. The molecule has 0 bridgehead atoms. The molecule has 0 amide bonds. The van der Waals surface area contributed by atoms with Crippen molar-refractivity contribution in [3.05, 3.63) is 0 Å². The van der Waals surface area contributed by atoms with E-state index in [9.17, 15) is 0 Å². The molecule has 0 saturated heterocycles. The van der Waals surface area contributed by atoms with Gasteiger partial charge in [-0.25, -0.2) is 0 Å². The molecule has 0 aliphatic rings. The van der Waals surface area contributed by atoms with E-state index in [4.69, 9.17) is 49.5 Å². The van der Waals surface area contributed by atoms with Crippen LogP contribution in [-0.4, -0.2) is 35.0 Å². The van der Waals surface area contributed by atoms with Crippen LogP contribution in [0, 0.1) is 0 Å². The van der Waals surface area contributed by atoms with Crippen molar-refractivity contribution in [2.24, 2.45) is 0 Å². The third-order valence-corrected chi connectivity index (χ3v) is 0. The number of carbonyl (C=O) groups excluding carboxylic acids is 4. The van der Waals surface area contributed by atoms with E-state index in [0.29, 0.717) is 0 Å². The normalized spacial score (nSPS) is 5.68. The van der Waals surface area contributed by atoms with Gasteiger partial charge in [0, 0.05) is 30.8 Å². The molecular weight excluding hydrogens is 398 g/mol. The van der Waals surface area contributed by atoms with E-state index in [2.05, 4.69) is 0 Å². The topological polar surface area (TPSA) is 198 Å². The molecule has 0 fully saturated rings. The quantitative estimate of drug-likeness (QED) is 0.401. The average Bonchev–Trinajstić information content (AvgIpc) is 1.94. The average molecular weight is 414 g/mol. The molecule has 0 aliphatic carbocycles. The van der Waals surface area contributed by atoms with Gasteiger partial charge in [-0.05, 0) is 27.7 Å². The molecule has 0 heterocycles. The molecule has 2 radical (unpaired) electrons. The monoisotopic (exact) mass is 414 g/mol. The zero-order valence-corrected chi connectivity index (χ0v) is 14.4. The summed E-state index contributed by atoms with van der Waals surface area (Å²) in [4.78, 5) is 44.6. The van der Waals surface area contributed by atoms with Crippen LogP contribution in [-0.2, 0) is 57.5 Å². The molecule has 0 saturated carbocycles. The minimum atomic E-state index is -1.08. The predicted octanol–water partition coefficient (Wildman–Crippen LogP) is -4.89. The van der Waals surface area contributed by atoms with E-state index in [1.807, 2.05) is 0 Å². The summed E-state index contributed by atoms with van der Waals surface area (Å²) in [6.07, 6.45) is 0. The molecule has 0 unspecified atom stereocenters. The molecule has 0 aromatic rings. The van der Waals surface area contributed by atoms with Crippen LogP contribution in [0.4, 0.5) is 0 Å². The van der Waals surface area contributed by atoms with Crippen molar-refractivity contribution in [3.8, 4) is 0 Å². The molecule has 0 aromatic heterocycles. The summed E-state index contributed by atoms with van der Waals surface area (Å²) in [6.45, 7) is 4.97. The Labute approximate surface area is 147 Å². The molecule has 0 aliphatic heterocycles. The Morgan fingerprint density at radius 2 is 0.545 bits per heavy atom. The first-order valence-corrected chi connectivity index (χ1v) is 4.56. The summed E-state index contributed by atoms with van der Waals surface area (Å²) >= 11 is 0. The second-order valence-corrected chi connectivity index (χ2v) is 2.49. The maximum Gasteiger partial charge on any atom is 2.00 e. The molecule has 10 nitrogen and oxygen atoms in total. The summed E-state index contributed by atoms with van der Waals surface area (Å²) in [6, 6.07) is 0. The number of aliphatic carboxylic acids is 5. The van der Waals surface area contributed by atoms with Gasteiger partial charge in [0.25, 0.3) is 5.97 Å². The third-order valence-electron chi connectivity index (χ3n) is 0. The van der Waals surface area contributed by atoms with Crippen molar-refractivity contribution in [3.63, 3.8) is 0 Å². The van der Waals surface area contributed by atoms with Gasteiger partial charge in [-0.1, -0.05) is 0 Å². The van der Waals surface area contributed by atoms with E-state index in [1.54, 1.807) is 0 Å². The smallest absolute Gasteiger partial charge is 0.550 e. The van der Waals surface area contributed by atoms with Crippen molar-refractivity contribution in [2.45, 2.75) is 34.6 Å². The summed E-state index contributed by atoms with van der Waals surface area (Å²) in [7, 11) is 0. The molecule has 0 spiro atoms. The zero-order valence-electron chi connectivity index (χ0n) is 12.3. The van der Waals surface area contributed by atoms with Gasteiger partial charge in [-0.15, -0.1) is 0 Å². The summed E-state index contributed by atoms with van der Waals surface area (Å²) in [5.41, 5.74) is 0. The molecule has 0 rings (SSSR count). The minimum absolute atomic E-state index is 0. The van der Waals surface area contributed by atoms with Crippen LogP contribution >= 0.6 is 0 Å². The van der Waals surface area contributed by atoms with Crippen molar-refractivity contribution in [1.29, 1.82) is 0 Å². The zero-order chi connectivity index (χ0) is 17.9. The van der Waals surface area contributed by atoms with Crippen LogP contribution in [0.15, 0.2) is 0 Å². The fraction of sp³-hybridized carbons (Fsp3) is 0.500. The van der Waals surface area contributed by atoms with E-state index < -0.39 is 29.8 Å². The van der Waals surface area contributed by atoms with Crippen molar-refractivity contribution < 1.29 is 83.1 Å². The van der Waals surface area contributed by atoms with Crippen LogP contribution in [0.25, 0.3) is 0 Å². The van der Waals surface area contributed by atoms with Gasteiger partial charge >= 0.3 is 33.6 Å². The SMILES string of the molecule is CC(=O)O.CC(=O)[O-].CC(=O)[O-].CC(=O)[O-].CC(=O)[O-].[Co+2].[Co+2]. The van der Waals surface area contributed by atoms with Gasteiger partial charge in [0.1, 0.15) is 0 Å². The predicted molar refractivity (Wildman–Crippen MR) is 56.0 cm³/mol. The molecule has 134 valence electrons. The summed E-state index contributed by atoms with van der Waals surface area (Å²) < 4.78 is 0. The number of carboxylic acids is 5. The number of carbonyl (C=O) groups is 5. The molecule has 22 heavy (non-hydrogen) atoms. The Bertz CT molecular complexity index is 214. The van der Waals surface area contributed by atoms with Crippen LogP contribution in [0.5, 0.6) is 0 Å². The van der Waals surface area contributed by atoms with Gasteiger partial charge in [0.15, 0.2) is 0 Å². The molecule has 0 atom stereocenters. The Kier molecular flexibility index (Phi) is 71.1. The van der Waals surface area contributed by atoms with Gasteiger partial charge in [-0.2, -0.15) is 0 Å². The first-order valence-electron chi connectivity index (χ1n) is 4.56. The van der Waals surface area contributed by atoms with E-state index in [-0.39, 0.29) is 33.6 Å². The van der Waals surface area contributed by atoms with Crippen LogP contribution in [0.2, 0.25) is 0 Å². The summed E-state index contributed by atoms with van der Waals surface area (Å²) in [5, 5.41) is 43.0. The Hall–Kier alpha value is -1.64. The number of carboxylic acid groups (broad SMARTS) is 5. The van der Waals surface area contributed by atoms with Gasteiger partial charge < -0.3 is 44.7 Å². The second-order valence-electron chi connectivity index (χ2n) is 2.49. The van der Waals surface area contributed by atoms with Crippen LogP contribution in [0.3, 0.4) is 0 Å². The first kappa shape index (κ1) is 42.8. The Morgan fingerprint density at radius 3 is 0.545 bits per heavy atom. The minimum Gasteiger partial charge on any atom is -0.550 e. The molecule has 12 heteroatoms. The number of hydrogen-bond acceptors (Lipinski definition) is 9. The maximum atomic E-state index is 9.00. The fourth-order valence-corrected chi connectivity index (χ4v) is 0. The first-order chi connectivity index (χ1) is 8.66. The van der Waals surface area contributed by atoms with Crippen molar-refractivity contribution in [1.82, 2.24) is 0 Å². The fourth-order valence-electron chi connectivity index (χ4n) is 0. The van der Waals surface area contributed by atoms with Crippen molar-refractivity contribution >= 4 is 29.8 Å². The van der Waals surface area contributed by atoms with Gasteiger partial charge in [0.05, 0.1) is 0 Å². The van der Waals surface area contributed by atoms with Crippen molar-refractivity contribution in [2.75, 3.05) is 0 Å². The Balaban J connectivity index is -0.0000000250. The van der Waals surface area contributed by atoms with E-state index >= 15 is 0 Å². The van der Waals surface area contributed by atoms with Crippen LogP contribution < -0.4 is 20.4 Å². The van der Waals surface area contributed by atoms with E-state index in [1.165, 1.54) is 0 Å². The third kappa shape index (κ3) is 2070. The largest absolute Gasteiger partial charge is 2.00 e. The van der Waals surface area contributed by atoms with Gasteiger partial charge in [-0.3, -0.25) is 4.79 Å². The van der Waals surface area contributed by atoms with Gasteiger partial charge in [0.2, 0.25) is 0 Å². The maximum absolute atomic E-state index is 9.00.